The number of aryl methyl sites for hydroxylation is 1. The average Bonchev–Trinajstić information content (AvgIpc) is 3.12. The summed E-state index contributed by atoms with van der Waals surface area (Å²) in [6, 6.07) is 13.5. The van der Waals surface area contributed by atoms with Crippen LogP contribution >= 0.6 is 0 Å². The van der Waals surface area contributed by atoms with Crippen molar-refractivity contribution in [3.8, 4) is 11.3 Å². The number of hydrogen-bond acceptors (Lipinski definition) is 5. The number of hydrazone groups is 1. The molecule has 1 aromatic heterocycles. The summed E-state index contributed by atoms with van der Waals surface area (Å²) in [5, 5.41) is 14.7. The standard InChI is InChI=1S/C20H16FN3O4/c1-13-10-16(24(26)27)6-8-18(13)19-9-7-17(28-19)12-22-23-20(25)11-14-2-4-15(21)5-3-14/h2-10,12H,11H2,1H3,(H,23,25)/b22-12-. The molecule has 142 valence electrons. The smallest absolute Gasteiger partial charge is 0.269 e. The van der Waals surface area contributed by atoms with Gasteiger partial charge in [-0.2, -0.15) is 5.10 Å². The van der Waals surface area contributed by atoms with E-state index in [1.165, 1.54) is 42.6 Å². The zero-order valence-electron chi connectivity index (χ0n) is 14.9. The first-order chi connectivity index (χ1) is 13.4. The number of nitrogens with zero attached hydrogens (tertiary/aromatic N) is 2. The number of nitrogens with one attached hydrogen (secondary N) is 1. The van der Waals surface area contributed by atoms with Gasteiger partial charge in [-0.25, -0.2) is 9.82 Å². The number of benzene rings is 2. The largest absolute Gasteiger partial charge is 0.455 e. The van der Waals surface area contributed by atoms with E-state index in [0.717, 1.165) is 5.56 Å². The molecule has 2 aromatic carbocycles. The lowest BCUT2D eigenvalue weighted by Crippen LogP contribution is -2.19. The lowest BCUT2D eigenvalue weighted by molar-refractivity contribution is -0.384. The van der Waals surface area contributed by atoms with E-state index in [1.807, 2.05) is 0 Å². The molecule has 0 unspecified atom stereocenters. The van der Waals surface area contributed by atoms with Crippen molar-refractivity contribution in [2.45, 2.75) is 13.3 Å². The maximum Gasteiger partial charge on any atom is 0.269 e. The Labute approximate surface area is 159 Å². The molecule has 0 radical (unpaired) electrons. The molecule has 3 rings (SSSR count). The Morgan fingerprint density at radius 2 is 1.96 bits per heavy atom. The summed E-state index contributed by atoms with van der Waals surface area (Å²) in [5.74, 6) is 0.237. The van der Waals surface area contributed by atoms with E-state index in [2.05, 4.69) is 10.5 Å². The third-order valence-corrected chi connectivity index (χ3v) is 3.97. The van der Waals surface area contributed by atoms with Crippen LogP contribution in [0.15, 0.2) is 64.1 Å². The minimum absolute atomic E-state index is 0.0125. The van der Waals surface area contributed by atoms with E-state index < -0.39 is 4.92 Å². The average molecular weight is 381 g/mol. The molecule has 0 spiro atoms. The van der Waals surface area contributed by atoms with Crippen LogP contribution in [0.3, 0.4) is 0 Å². The van der Waals surface area contributed by atoms with Gasteiger partial charge in [0.2, 0.25) is 5.91 Å². The molecule has 0 bridgehead atoms. The predicted molar refractivity (Wildman–Crippen MR) is 101 cm³/mol. The topological polar surface area (TPSA) is 97.7 Å². The molecule has 28 heavy (non-hydrogen) atoms. The van der Waals surface area contributed by atoms with Gasteiger partial charge in [-0.1, -0.05) is 12.1 Å². The lowest BCUT2D eigenvalue weighted by atomic mass is 10.1. The number of halogens is 1. The van der Waals surface area contributed by atoms with Crippen molar-refractivity contribution in [2.24, 2.45) is 5.10 Å². The molecule has 1 amide bonds. The molecule has 0 aliphatic carbocycles. The van der Waals surface area contributed by atoms with Crippen LogP contribution in [0.25, 0.3) is 11.3 Å². The first-order valence-electron chi connectivity index (χ1n) is 8.34. The van der Waals surface area contributed by atoms with Crippen molar-refractivity contribution in [3.05, 3.63) is 87.4 Å². The highest BCUT2D eigenvalue weighted by Crippen LogP contribution is 2.28. The Kier molecular flexibility index (Phi) is 5.59. The Bertz CT molecular complexity index is 1040. The third-order valence-electron chi connectivity index (χ3n) is 3.97. The molecule has 0 aliphatic heterocycles. The predicted octanol–water partition coefficient (Wildman–Crippen LogP) is 4.00. The molecule has 0 atom stereocenters. The quantitative estimate of drug-likeness (QED) is 0.396. The van der Waals surface area contributed by atoms with Crippen LogP contribution in [-0.2, 0) is 11.2 Å². The fourth-order valence-electron chi connectivity index (χ4n) is 2.60. The summed E-state index contributed by atoms with van der Waals surface area (Å²) in [5.41, 5.74) is 4.49. The van der Waals surface area contributed by atoms with Crippen LogP contribution in [0.5, 0.6) is 0 Å². The normalized spacial score (nSPS) is 10.9. The van der Waals surface area contributed by atoms with Gasteiger partial charge in [-0.15, -0.1) is 0 Å². The van der Waals surface area contributed by atoms with Crippen molar-refractivity contribution in [1.29, 1.82) is 0 Å². The second kappa shape index (κ2) is 8.26. The summed E-state index contributed by atoms with van der Waals surface area (Å²) < 4.78 is 18.5. The minimum atomic E-state index is -0.453. The number of carbonyl (C=O) groups is 1. The highest BCUT2D eigenvalue weighted by atomic mass is 19.1. The van der Waals surface area contributed by atoms with Gasteiger partial charge in [0, 0.05) is 17.7 Å². The molecule has 1 N–H and O–H groups in total. The number of nitro groups is 1. The van der Waals surface area contributed by atoms with Crippen molar-refractivity contribution in [2.75, 3.05) is 0 Å². The second-order valence-electron chi connectivity index (χ2n) is 6.05. The molecule has 7 nitrogen and oxygen atoms in total. The van der Waals surface area contributed by atoms with Crippen LogP contribution < -0.4 is 5.43 Å². The summed E-state index contributed by atoms with van der Waals surface area (Å²) in [6.45, 7) is 1.76. The van der Waals surface area contributed by atoms with Gasteiger partial charge in [0.05, 0.1) is 17.6 Å². The SMILES string of the molecule is Cc1cc([N+](=O)[O-])ccc1-c1ccc(/C=N\NC(=O)Cc2ccc(F)cc2)o1. The first kappa shape index (κ1) is 19.0. The lowest BCUT2D eigenvalue weighted by Gasteiger charge is -2.02. The zero-order chi connectivity index (χ0) is 20.1. The van der Waals surface area contributed by atoms with Crippen LogP contribution in [0.1, 0.15) is 16.9 Å². The highest BCUT2D eigenvalue weighted by molar-refractivity contribution is 5.82. The molecular weight excluding hydrogens is 365 g/mol. The Balaban J connectivity index is 1.62. The number of carbonyl (C=O) groups excluding carboxylic acids is 1. The van der Waals surface area contributed by atoms with Crippen molar-refractivity contribution >= 4 is 17.8 Å². The Hall–Kier alpha value is -3.81. The van der Waals surface area contributed by atoms with Crippen LogP contribution in [-0.4, -0.2) is 17.0 Å². The molecule has 0 saturated heterocycles. The van der Waals surface area contributed by atoms with Crippen molar-refractivity contribution in [1.82, 2.24) is 5.43 Å². The van der Waals surface area contributed by atoms with E-state index in [-0.39, 0.29) is 23.8 Å². The van der Waals surface area contributed by atoms with E-state index >= 15 is 0 Å². The molecule has 0 saturated carbocycles. The summed E-state index contributed by atoms with van der Waals surface area (Å²) in [6.07, 6.45) is 1.43. The monoisotopic (exact) mass is 381 g/mol. The maximum absolute atomic E-state index is 12.9. The van der Waals surface area contributed by atoms with Gasteiger partial charge in [0.25, 0.3) is 5.69 Å². The number of rotatable bonds is 6. The number of nitro benzene ring substituents is 1. The van der Waals surface area contributed by atoms with Gasteiger partial charge in [0.15, 0.2) is 0 Å². The van der Waals surface area contributed by atoms with Crippen LogP contribution in [0, 0.1) is 22.9 Å². The molecular formula is C20H16FN3O4. The van der Waals surface area contributed by atoms with Gasteiger partial charge >= 0.3 is 0 Å². The van der Waals surface area contributed by atoms with Crippen LogP contribution in [0.4, 0.5) is 10.1 Å². The maximum atomic E-state index is 12.9. The van der Waals surface area contributed by atoms with Crippen molar-refractivity contribution in [3.63, 3.8) is 0 Å². The molecule has 3 aromatic rings. The van der Waals surface area contributed by atoms with E-state index in [1.54, 1.807) is 25.1 Å². The molecule has 1 heterocycles. The summed E-state index contributed by atoms with van der Waals surface area (Å²) in [4.78, 5) is 22.2. The first-order valence-corrected chi connectivity index (χ1v) is 8.34. The Morgan fingerprint density at radius 1 is 1.21 bits per heavy atom. The van der Waals surface area contributed by atoms with Gasteiger partial charge in [0.1, 0.15) is 17.3 Å². The summed E-state index contributed by atoms with van der Waals surface area (Å²) >= 11 is 0. The molecule has 0 aliphatic rings. The number of amides is 1. The van der Waals surface area contributed by atoms with E-state index in [4.69, 9.17) is 4.42 Å². The second-order valence-corrected chi connectivity index (χ2v) is 6.05. The van der Waals surface area contributed by atoms with Gasteiger partial charge in [-0.3, -0.25) is 14.9 Å². The fraction of sp³-hybridized carbons (Fsp3) is 0.100. The van der Waals surface area contributed by atoms with E-state index in [9.17, 15) is 19.3 Å². The molecule has 8 heteroatoms. The van der Waals surface area contributed by atoms with Crippen LogP contribution in [0.2, 0.25) is 0 Å². The fourth-order valence-corrected chi connectivity index (χ4v) is 2.60. The highest BCUT2D eigenvalue weighted by Gasteiger charge is 2.12. The summed E-state index contributed by atoms with van der Waals surface area (Å²) in [7, 11) is 0. The third kappa shape index (κ3) is 4.67. The Morgan fingerprint density at radius 3 is 2.64 bits per heavy atom. The zero-order valence-corrected chi connectivity index (χ0v) is 14.9. The van der Waals surface area contributed by atoms with Gasteiger partial charge in [-0.05, 0) is 48.4 Å². The van der Waals surface area contributed by atoms with Crippen molar-refractivity contribution < 1.29 is 18.5 Å². The number of hydrogen-bond donors (Lipinski definition) is 1. The minimum Gasteiger partial charge on any atom is -0.455 e. The number of furan rings is 1. The van der Waals surface area contributed by atoms with Gasteiger partial charge < -0.3 is 4.42 Å². The number of non-ortho nitro benzene ring substituents is 1. The molecule has 0 fully saturated rings. The van der Waals surface area contributed by atoms with E-state index in [0.29, 0.717) is 22.6 Å².